The largest absolute Gasteiger partial charge is 0.497 e. The quantitative estimate of drug-likeness (QED) is 0.621. The summed E-state index contributed by atoms with van der Waals surface area (Å²) in [6.07, 6.45) is 0. The van der Waals surface area contributed by atoms with Gasteiger partial charge in [-0.1, -0.05) is 0 Å². The minimum Gasteiger partial charge on any atom is -0.497 e. The average Bonchev–Trinajstić information content (AvgIpc) is 2.86. The van der Waals surface area contributed by atoms with Gasteiger partial charge in [0.15, 0.2) is 17.1 Å². The lowest BCUT2D eigenvalue weighted by Gasteiger charge is -2.00. The van der Waals surface area contributed by atoms with Gasteiger partial charge in [0.05, 0.1) is 14.2 Å². The molecular formula is C14H10N2O3. The van der Waals surface area contributed by atoms with Gasteiger partial charge in [0, 0.05) is 5.39 Å². The number of hydrogen-bond donors (Lipinski definition) is 0. The highest BCUT2D eigenvalue weighted by Crippen LogP contribution is 2.29. The Morgan fingerprint density at radius 3 is 2.47 bits per heavy atom. The Morgan fingerprint density at radius 2 is 1.89 bits per heavy atom. The van der Waals surface area contributed by atoms with Crippen LogP contribution in [0.2, 0.25) is 0 Å². The Hall–Kier alpha value is -2.92. The van der Waals surface area contributed by atoms with Crippen molar-refractivity contribution in [3.8, 4) is 17.9 Å². The zero-order chi connectivity index (χ0) is 13.8. The lowest BCUT2D eigenvalue weighted by atomic mass is 10.2. The van der Waals surface area contributed by atoms with Crippen molar-refractivity contribution in [1.82, 2.24) is 0 Å². The lowest BCUT2D eigenvalue weighted by Crippen LogP contribution is -1.89. The van der Waals surface area contributed by atoms with Gasteiger partial charge in [0.1, 0.15) is 23.5 Å². The van der Waals surface area contributed by atoms with Gasteiger partial charge in [-0.2, -0.15) is 10.5 Å². The van der Waals surface area contributed by atoms with Gasteiger partial charge in [-0.15, -0.1) is 0 Å². The molecule has 5 heteroatoms. The number of hydrogen-bond acceptors (Lipinski definition) is 5. The summed E-state index contributed by atoms with van der Waals surface area (Å²) >= 11 is 0. The molecule has 0 spiro atoms. The molecule has 1 aromatic carbocycles. The van der Waals surface area contributed by atoms with Crippen molar-refractivity contribution in [2.24, 2.45) is 0 Å². The monoisotopic (exact) mass is 254 g/mol. The highest BCUT2D eigenvalue weighted by molar-refractivity contribution is 5.83. The topological polar surface area (TPSA) is 79.2 Å². The number of methoxy groups -OCH3 is 2. The Morgan fingerprint density at radius 1 is 1.16 bits per heavy atom. The lowest BCUT2D eigenvalue weighted by molar-refractivity contribution is 0.354. The minimum atomic E-state index is -0.131. The number of benzene rings is 1. The number of rotatable bonds is 3. The van der Waals surface area contributed by atoms with Crippen molar-refractivity contribution < 1.29 is 13.9 Å². The fourth-order valence-electron chi connectivity index (χ4n) is 1.71. The number of allylic oxidation sites excluding steroid dienone is 1. The van der Waals surface area contributed by atoms with Crippen LogP contribution in [-0.2, 0) is 4.74 Å². The maximum Gasteiger partial charge on any atom is 0.190 e. The highest BCUT2D eigenvalue weighted by Gasteiger charge is 2.15. The van der Waals surface area contributed by atoms with E-state index in [9.17, 15) is 0 Å². The molecule has 1 heterocycles. The number of furan rings is 1. The molecule has 0 N–H and O–H groups in total. The molecule has 0 amide bonds. The van der Waals surface area contributed by atoms with Crippen LogP contribution in [0.25, 0.3) is 16.7 Å². The van der Waals surface area contributed by atoms with E-state index in [4.69, 9.17) is 24.4 Å². The minimum absolute atomic E-state index is 0.125. The molecule has 0 aliphatic heterocycles. The zero-order valence-electron chi connectivity index (χ0n) is 10.4. The van der Waals surface area contributed by atoms with E-state index in [0.717, 1.165) is 5.39 Å². The van der Waals surface area contributed by atoms with E-state index in [1.807, 2.05) is 0 Å². The predicted octanol–water partition coefficient (Wildman–Crippen LogP) is 2.85. The molecule has 0 saturated heterocycles. The first kappa shape index (κ1) is 12.5. The third-order valence-electron chi connectivity index (χ3n) is 2.60. The van der Waals surface area contributed by atoms with Crippen LogP contribution in [0.4, 0.5) is 0 Å². The normalized spacial score (nSPS) is 9.47. The highest BCUT2D eigenvalue weighted by atomic mass is 16.5. The number of ether oxygens (including phenoxy) is 2. The SMILES string of the molecule is COC(=C(C#N)C#N)c1cc2cc(OC)ccc2o1. The van der Waals surface area contributed by atoms with Crippen LogP contribution in [0.1, 0.15) is 5.76 Å². The summed E-state index contributed by atoms with van der Waals surface area (Å²) in [5.74, 6) is 1.16. The van der Waals surface area contributed by atoms with E-state index in [1.165, 1.54) is 7.11 Å². The van der Waals surface area contributed by atoms with Gasteiger partial charge < -0.3 is 13.9 Å². The first-order valence-electron chi connectivity index (χ1n) is 5.40. The molecule has 0 unspecified atom stereocenters. The molecule has 0 saturated carbocycles. The molecule has 94 valence electrons. The van der Waals surface area contributed by atoms with Crippen molar-refractivity contribution in [2.45, 2.75) is 0 Å². The summed E-state index contributed by atoms with van der Waals surface area (Å²) in [4.78, 5) is 0. The second kappa shape index (κ2) is 5.16. The van der Waals surface area contributed by atoms with E-state index < -0.39 is 0 Å². The van der Waals surface area contributed by atoms with Gasteiger partial charge in [-0.05, 0) is 24.3 Å². The maximum absolute atomic E-state index is 8.87. The first-order chi connectivity index (χ1) is 9.23. The van der Waals surface area contributed by atoms with E-state index in [-0.39, 0.29) is 11.3 Å². The van der Waals surface area contributed by atoms with Crippen LogP contribution in [0, 0.1) is 22.7 Å². The van der Waals surface area contributed by atoms with Crippen LogP contribution in [0.15, 0.2) is 34.3 Å². The van der Waals surface area contributed by atoms with Gasteiger partial charge >= 0.3 is 0 Å². The Bertz CT molecular complexity index is 713. The van der Waals surface area contributed by atoms with Gasteiger partial charge in [-0.3, -0.25) is 0 Å². The van der Waals surface area contributed by atoms with Crippen molar-refractivity contribution >= 4 is 16.7 Å². The molecule has 2 aromatic rings. The molecule has 0 aliphatic rings. The Labute approximate surface area is 109 Å². The fraction of sp³-hybridized carbons (Fsp3) is 0.143. The maximum atomic E-state index is 8.87. The third-order valence-corrected chi connectivity index (χ3v) is 2.60. The van der Waals surface area contributed by atoms with Gasteiger partial charge in [-0.25, -0.2) is 0 Å². The molecule has 0 aliphatic carbocycles. The van der Waals surface area contributed by atoms with Crippen molar-refractivity contribution in [3.63, 3.8) is 0 Å². The molecule has 0 radical (unpaired) electrons. The first-order valence-corrected chi connectivity index (χ1v) is 5.40. The summed E-state index contributed by atoms with van der Waals surface area (Å²) in [5.41, 5.74) is 0.495. The number of nitriles is 2. The standard InChI is InChI=1S/C14H10N2O3/c1-17-11-3-4-12-9(5-11)6-13(19-12)14(18-2)10(7-15)8-16/h3-6H,1-2H3. The second-order valence-electron chi connectivity index (χ2n) is 3.65. The number of fused-ring (bicyclic) bond motifs is 1. The molecule has 0 atom stereocenters. The summed E-state index contributed by atoms with van der Waals surface area (Å²) in [7, 11) is 2.96. The van der Waals surface area contributed by atoms with Crippen LogP contribution in [-0.4, -0.2) is 14.2 Å². The number of nitrogens with zero attached hydrogens (tertiary/aromatic N) is 2. The van der Waals surface area contributed by atoms with E-state index in [1.54, 1.807) is 43.5 Å². The molecule has 0 fully saturated rings. The van der Waals surface area contributed by atoms with E-state index >= 15 is 0 Å². The molecule has 0 bridgehead atoms. The van der Waals surface area contributed by atoms with Crippen LogP contribution in [0.5, 0.6) is 5.75 Å². The Kier molecular flexibility index (Phi) is 3.40. The third kappa shape index (κ3) is 2.22. The summed E-state index contributed by atoms with van der Waals surface area (Å²) < 4.78 is 15.8. The summed E-state index contributed by atoms with van der Waals surface area (Å²) in [5, 5.41) is 18.6. The average molecular weight is 254 g/mol. The van der Waals surface area contributed by atoms with Crippen LogP contribution >= 0.6 is 0 Å². The molecule has 2 rings (SSSR count). The molecule has 5 nitrogen and oxygen atoms in total. The predicted molar refractivity (Wildman–Crippen MR) is 67.9 cm³/mol. The van der Waals surface area contributed by atoms with E-state index in [0.29, 0.717) is 17.1 Å². The smallest absolute Gasteiger partial charge is 0.190 e. The zero-order valence-corrected chi connectivity index (χ0v) is 10.4. The Balaban J connectivity index is 2.61. The van der Waals surface area contributed by atoms with Crippen LogP contribution in [0.3, 0.4) is 0 Å². The van der Waals surface area contributed by atoms with Gasteiger partial charge in [0.2, 0.25) is 0 Å². The molecular weight excluding hydrogens is 244 g/mol. The molecule has 19 heavy (non-hydrogen) atoms. The second-order valence-corrected chi connectivity index (χ2v) is 3.65. The molecule has 1 aromatic heterocycles. The fourth-order valence-corrected chi connectivity index (χ4v) is 1.71. The van der Waals surface area contributed by atoms with Gasteiger partial charge in [0.25, 0.3) is 0 Å². The van der Waals surface area contributed by atoms with Crippen molar-refractivity contribution in [2.75, 3.05) is 14.2 Å². The van der Waals surface area contributed by atoms with Crippen molar-refractivity contribution in [3.05, 3.63) is 35.6 Å². The summed E-state index contributed by atoms with van der Waals surface area (Å²) in [6, 6.07) is 10.6. The summed E-state index contributed by atoms with van der Waals surface area (Å²) in [6.45, 7) is 0. The van der Waals surface area contributed by atoms with E-state index in [2.05, 4.69) is 0 Å². The van der Waals surface area contributed by atoms with Crippen LogP contribution < -0.4 is 4.74 Å². The van der Waals surface area contributed by atoms with Crippen molar-refractivity contribution in [1.29, 1.82) is 10.5 Å².